The lowest BCUT2D eigenvalue weighted by Gasteiger charge is -2.21. The predicted molar refractivity (Wildman–Crippen MR) is 80.7 cm³/mol. The maximum absolute atomic E-state index is 4.51. The Hall–Kier alpha value is -2.07. The highest BCUT2D eigenvalue weighted by molar-refractivity contribution is 5.94. The van der Waals surface area contributed by atoms with E-state index in [1.807, 2.05) is 12.3 Å². The van der Waals surface area contributed by atoms with Crippen LogP contribution in [0.1, 0.15) is 24.5 Å². The fourth-order valence-electron chi connectivity index (χ4n) is 3.08. The van der Waals surface area contributed by atoms with Gasteiger partial charge in [-0.3, -0.25) is 5.10 Å². The second kappa shape index (κ2) is 4.80. The molecule has 0 saturated carbocycles. The standard InChI is InChI=1S/C16H18N4/c1-2-6-14-12(5-1)13(10-18-14)16-8-15(19-20-16)11-4-3-7-17-9-11/h1-2,5-6,8,10-11,17-18H,3-4,7,9H2,(H,19,20). The van der Waals surface area contributed by atoms with E-state index in [9.17, 15) is 0 Å². The molecule has 1 fully saturated rings. The van der Waals surface area contributed by atoms with Gasteiger partial charge in [0, 0.05) is 40.8 Å². The highest BCUT2D eigenvalue weighted by Gasteiger charge is 2.18. The Morgan fingerprint density at radius 2 is 2.15 bits per heavy atom. The van der Waals surface area contributed by atoms with E-state index in [0.29, 0.717) is 5.92 Å². The van der Waals surface area contributed by atoms with Crippen LogP contribution in [0.2, 0.25) is 0 Å². The number of piperidine rings is 1. The molecule has 1 saturated heterocycles. The van der Waals surface area contributed by atoms with Crippen LogP contribution in [0.15, 0.2) is 36.5 Å². The Morgan fingerprint density at radius 1 is 1.20 bits per heavy atom. The Morgan fingerprint density at radius 3 is 3.05 bits per heavy atom. The van der Waals surface area contributed by atoms with E-state index in [4.69, 9.17) is 0 Å². The van der Waals surface area contributed by atoms with Crippen LogP contribution in [-0.4, -0.2) is 28.3 Å². The molecule has 1 unspecified atom stereocenters. The third-order valence-electron chi connectivity index (χ3n) is 4.20. The molecule has 4 nitrogen and oxygen atoms in total. The smallest absolute Gasteiger partial charge is 0.0945 e. The molecule has 3 aromatic rings. The van der Waals surface area contributed by atoms with E-state index < -0.39 is 0 Å². The van der Waals surface area contributed by atoms with Gasteiger partial charge in [0.15, 0.2) is 0 Å². The van der Waals surface area contributed by atoms with Crippen LogP contribution in [-0.2, 0) is 0 Å². The fraction of sp³-hybridized carbons (Fsp3) is 0.312. The first-order valence-electron chi connectivity index (χ1n) is 7.24. The van der Waals surface area contributed by atoms with Crippen LogP contribution in [0.25, 0.3) is 22.2 Å². The molecular formula is C16H18N4. The van der Waals surface area contributed by atoms with E-state index in [0.717, 1.165) is 24.3 Å². The van der Waals surface area contributed by atoms with E-state index >= 15 is 0 Å². The van der Waals surface area contributed by atoms with E-state index in [1.165, 1.54) is 29.5 Å². The van der Waals surface area contributed by atoms with Crippen molar-refractivity contribution in [2.75, 3.05) is 13.1 Å². The second-order valence-electron chi connectivity index (χ2n) is 5.50. The number of benzene rings is 1. The maximum Gasteiger partial charge on any atom is 0.0945 e. The number of aromatic nitrogens is 3. The summed E-state index contributed by atoms with van der Waals surface area (Å²) in [4.78, 5) is 3.31. The van der Waals surface area contributed by atoms with Crippen molar-refractivity contribution in [3.63, 3.8) is 0 Å². The SMILES string of the molecule is c1ccc2c(-c3cc(C4CCCNC4)[nH]n3)c[nH]c2c1. The quantitative estimate of drug-likeness (QED) is 0.668. The molecule has 102 valence electrons. The van der Waals surface area contributed by atoms with Crippen molar-refractivity contribution in [1.29, 1.82) is 0 Å². The molecule has 4 rings (SSSR count). The zero-order valence-electron chi connectivity index (χ0n) is 11.3. The molecule has 4 heteroatoms. The molecule has 1 aliphatic heterocycles. The van der Waals surface area contributed by atoms with Gasteiger partial charge in [-0.2, -0.15) is 5.10 Å². The Kier molecular flexibility index (Phi) is 2.81. The third kappa shape index (κ3) is 1.93. The molecule has 3 N–H and O–H groups in total. The number of H-pyrrole nitrogens is 2. The average Bonchev–Trinajstić information content (AvgIpc) is 3.14. The lowest BCUT2D eigenvalue weighted by molar-refractivity contribution is 0.454. The lowest BCUT2D eigenvalue weighted by Crippen LogP contribution is -2.28. The van der Waals surface area contributed by atoms with Gasteiger partial charge in [-0.05, 0) is 31.5 Å². The predicted octanol–water partition coefficient (Wildman–Crippen LogP) is 3.02. The van der Waals surface area contributed by atoms with E-state index in [-0.39, 0.29) is 0 Å². The van der Waals surface area contributed by atoms with Crippen LogP contribution in [0.5, 0.6) is 0 Å². The molecule has 0 aliphatic carbocycles. The zero-order chi connectivity index (χ0) is 13.4. The van der Waals surface area contributed by atoms with E-state index in [2.05, 4.69) is 44.8 Å². The first kappa shape index (κ1) is 11.7. The van der Waals surface area contributed by atoms with E-state index in [1.54, 1.807) is 0 Å². The van der Waals surface area contributed by atoms with Gasteiger partial charge in [0.25, 0.3) is 0 Å². The van der Waals surface area contributed by atoms with Gasteiger partial charge in [0.1, 0.15) is 0 Å². The minimum Gasteiger partial charge on any atom is -0.360 e. The molecule has 0 radical (unpaired) electrons. The van der Waals surface area contributed by atoms with Gasteiger partial charge in [0.2, 0.25) is 0 Å². The maximum atomic E-state index is 4.51. The van der Waals surface area contributed by atoms with Gasteiger partial charge in [-0.1, -0.05) is 18.2 Å². The molecule has 0 spiro atoms. The van der Waals surface area contributed by atoms with Crippen LogP contribution in [0.4, 0.5) is 0 Å². The summed E-state index contributed by atoms with van der Waals surface area (Å²) in [7, 11) is 0. The topological polar surface area (TPSA) is 56.5 Å². The van der Waals surface area contributed by atoms with Crippen LogP contribution in [0.3, 0.4) is 0 Å². The van der Waals surface area contributed by atoms with Crippen molar-refractivity contribution in [3.05, 3.63) is 42.2 Å². The summed E-state index contributed by atoms with van der Waals surface area (Å²) in [5, 5.41) is 12.4. The summed E-state index contributed by atoms with van der Waals surface area (Å²) in [5.74, 6) is 0.565. The minimum atomic E-state index is 0.565. The van der Waals surface area contributed by atoms with Gasteiger partial charge in [-0.15, -0.1) is 0 Å². The highest BCUT2D eigenvalue weighted by atomic mass is 15.1. The number of rotatable bonds is 2. The number of hydrogen-bond donors (Lipinski definition) is 3. The van der Waals surface area contributed by atoms with Gasteiger partial charge >= 0.3 is 0 Å². The van der Waals surface area contributed by atoms with Crippen molar-refractivity contribution < 1.29 is 0 Å². The van der Waals surface area contributed by atoms with Crippen molar-refractivity contribution in [1.82, 2.24) is 20.5 Å². The van der Waals surface area contributed by atoms with Gasteiger partial charge < -0.3 is 10.3 Å². The van der Waals surface area contributed by atoms with Crippen molar-refractivity contribution in [2.24, 2.45) is 0 Å². The molecule has 1 atom stereocenters. The van der Waals surface area contributed by atoms with Crippen molar-refractivity contribution in [3.8, 4) is 11.3 Å². The van der Waals surface area contributed by atoms with Gasteiger partial charge in [0.05, 0.1) is 5.69 Å². The largest absolute Gasteiger partial charge is 0.360 e. The van der Waals surface area contributed by atoms with Crippen LogP contribution >= 0.6 is 0 Å². The Labute approximate surface area is 117 Å². The third-order valence-corrected chi connectivity index (χ3v) is 4.20. The molecule has 2 aromatic heterocycles. The number of para-hydroxylation sites is 1. The summed E-state index contributed by atoms with van der Waals surface area (Å²) in [6.07, 6.45) is 4.53. The van der Waals surface area contributed by atoms with Crippen molar-refractivity contribution in [2.45, 2.75) is 18.8 Å². The van der Waals surface area contributed by atoms with Crippen LogP contribution in [0, 0.1) is 0 Å². The number of fused-ring (bicyclic) bond motifs is 1. The summed E-state index contributed by atoms with van der Waals surface area (Å²) in [5.41, 5.74) is 4.61. The first-order valence-corrected chi connectivity index (χ1v) is 7.24. The Balaban J connectivity index is 1.70. The number of nitrogens with one attached hydrogen (secondary N) is 3. The molecule has 1 aliphatic rings. The second-order valence-corrected chi connectivity index (χ2v) is 5.50. The monoisotopic (exact) mass is 266 g/mol. The highest BCUT2D eigenvalue weighted by Crippen LogP contribution is 2.30. The molecule has 3 heterocycles. The van der Waals surface area contributed by atoms with Gasteiger partial charge in [-0.25, -0.2) is 0 Å². The minimum absolute atomic E-state index is 0.565. The number of aromatic amines is 2. The fourth-order valence-corrected chi connectivity index (χ4v) is 3.08. The molecule has 1 aromatic carbocycles. The molecule has 0 amide bonds. The first-order chi connectivity index (χ1) is 9.92. The molecule has 0 bridgehead atoms. The summed E-state index contributed by atoms with van der Waals surface area (Å²) in [6, 6.07) is 10.5. The molecular weight excluding hydrogens is 248 g/mol. The lowest BCUT2D eigenvalue weighted by atomic mass is 9.96. The summed E-state index contributed by atoms with van der Waals surface area (Å²) in [6.45, 7) is 2.19. The Bertz CT molecular complexity index is 719. The summed E-state index contributed by atoms with van der Waals surface area (Å²) >= 11 is 0. The average molecular weight is 266 g/mol. The van der Waals surface area contributed by atoms with Crippen LogP contribution < -0.4 is 5.32 Å². The number of nitrogens with zero attached hydrogens (tertiary/aromatic N) is 1. The number of hydrogen-bond acceptors (Lipinski definition) is 2. The zero-order valence-corrected chi connectivity index (χ0v) is 11.3. The molecule has 20 heavy (non-hydrogen) atoms. The van der Waals surface area contributed by atoms with Crippen molar-refractivity contribution >= 4 is 10.9 Å². The summed E-state index contributed by atoms with van der Waals surface area (Å²) < 4.78 is 0. The normalized spacial score (nSPS) is 19.5.